The van der Waals surface area contributed by atoms with Gasteiger partial charge in [0, 0.05) is 36.5 Å². The molecule has 0 radical (unpaired) electrons. The van der Waals surface area contributed by atoms with Crippen molar-refractivity contribution in [2.75, 3.05) is 18.0 Å². The number of hydrogen-bond acceptors (Lipinski definition) is 5. The number of nitrogens with one attached hydrogen (secondary N) is 1. The minimum atomic E-state index is -4.74. The lowest BCUT2D eigenvalue weighted by Crippen LogP contribution is -2.34. The Kier molecular flexibility index (Phi) is 5.12. The maximum atomic E-state index is 12.6. The van der Waals surface area contributed by atoms with Gasteiger partial charge in [-0.15, -0.1) is 13.2 Å². The summed E-state index contributed by atoms with van der Waals surface area (Å²) in [6.07, 6.45) is 1.91. The number of anilines is 1. The number of benzene rings is 1. The Balaban J connectivity index is 1.55. The van der Waals surface area contributed by atoms with Crippen LogP contribution in [0.1, 0.15) is 30.1 Å². The molecule has 0 atom stereocenters. The molecule has 1 aliphatic heterocycles. The largest absolute Gasteiger partial charge is 0.573 e. The predicted molar refractivity (Wildman–Crippen MR) is 102 cm³/mol. The van der Waals surface area contributed by atoms with E-state index in [4.69, 9.17) is 0 Å². The third-order valence-corrected chi connectivity index (χ3v) is 5.12. The van der Waals surface area contributed by atoms with Crippen LogP contribution in [0, 0.1) is 6.92 Å². The number of halogens is 3. The third kappa shape index (κ3) is 4.33. The van der Waals surface area contributed by atoms with Crippen LogP contribution in [-0.2, 0) is 0 Å². The van der Waals surface area contributed by atoms with E-state index in [1.54, 1.807) is 18.6 Å². The molecule has 0 saturated carbocycles. The Labute approximate surface area is 165 Å². The molecule has 2 aromatic heterocycles. The van der Waals surface area contributed by atoms with E-state index in [0.29, 0.717) is 22.9 Å². The van der Waals surface area contributed by atoms with Crippen molar-refractivity contribution in [3.63, 3.8) is 0 Å². The molecular weight excluding hydrogens is 383 g/mol. The zero-order chi connectivity index (χ0) is 20.4. The lowest BCUT2D eigenvalue weighted by Gasteiger charge is -2.33. The third-order valence-electron chi connectivity index (χ3n) is 5.12. The van der Waals surface area contributed by atoms with E-state index in [2.05, 4.69) is 29.6 Å². The summed E-state index contributed by atoms with van der Waals surface area (Å²) in [7, 11) is 0. The van der Waals surface area contributed by atoms with Crippen molar-refractivity contribution in [1.29, 1.82) is 0 Å². The maximum Gasteiger partial charge on any atom is 0.573 e. The quantitative estimate of drug-likeness (QED) is 0.697. The number of rotatable bonds is 4. The fraction of sp³-hybridized carbons (Fsp3) is 0.350. The highest BCUT2D eigenvalue weighted by atomic mass is 19.4. The van der Waals surface area contributed by atoms with E-state index >= 15 is 0 Å². The Morgan fingerprint density at radius 3 is 2.66 bits per heavy atom. The molecule has 1 aromatic carbocycles. The van der Waals surface area contributed by atoms with Crippen LogP contribution in [0.2, 0.25) is 0 Å². The second kappa shape index (κ2) is 7.73. The van der Waals surface area contributed by atoms with E-state index in [-0.39, 0.29) is 5.75 Å². The molecule has 152 valence electrons. The number of H-pyrrole nitrogens is 1. The van der Waals surface area contributed by atoms with Gasteiger partial charge in [0.05, 0.1) is 12.0 Å². The number of piperidine rings is 1. The van der Waals surface area contributed by atoms with Gasteiger partial charge < -0.3 is 14.6 Å². The Hall–Kier alpha value is -3.10. The fourth-order valence-electron chi connectivity index (χ4n) is 3.79. The highest BCUT2D eigenvalue weighted by molar-refractivity contribution is 5.76. The smallest absolute Gasteiger partial charge is 0.406 e. The summed E-state index contributed by atoms with van der Waals surface area (Å²) in [6, 6.07) is 5.89. The molecule has 1 aliphatic rings. The van der Waals surface area contributed by atoms with Crippen LogP contribution < -0.4 is 9.64 Å². The van der Waals surface area contributed by atoms with Crippen molar-refractivity contribution < 1.29 is 17.9 Å². The highest BCUT2D eigenvalue weighted by Crippen LogP contribution is 2.35. The van der Waals surface area contributed by atoms with E-state index in [9.17, 15) is 13.2 Å². The van der Waals surface area contributed by atoms with E-state index < -0.39 is 6.36 Å². The van der Waals surface area contributed by atoms with Gasteiger partial charge in [0.1, 0.15) is 17.9 Å². The molecule has 29 heavy (non-hydrogen) atoms. The first kappa shape index (κ1) is 19.2. The highest BCUT2D eigenvalue weighted by Gasteiger charge is 2.31. The Bertz CT molecular complexity index is 980. The van der Waals surface area contributed by atoms with Gasteiger partial charge >= 0.3 is 6.36 Å². The SMILES string of the molecule is Cc1[nH]cnc1C1CCN(c2ncncc2-c2cccc(OC(F)(F)F)c2)CC1. The Morgan fingerprint density at radius 1 is 1.17 bits per heavy atom. The predicted octanol–water partition coefficient (Wildman–Crippen LogP) is 4.46. The monoisotopic (exact) mass is 403 g/mol. The Morgan fingerprint density at radius 2 is 1.97 bits per heavy atom. The molecule has 3 heterocycles. The number of imidazole rings is 1. The number of nitrogens with zero attached hydrogens (tertiary/aromatic N) is 4. The fourth-order valence-corrected chi connectivity index (χ4v) is 3.79. The van der Waals surface area contributed by atoms with Gasteiger partial charge in [-0.1, -0.05) is 12.1 Å². The lowest BCUT2D eigenvalue weighted by atomic mass is 9.92. The zero-order valence-corrected chi connectivity index (χ0v) is 15.8. The van der Waals surface area contributed by atoms with Crippen LogP contribution in [0.25, 0.3) is 11.1 Å². The van der Waals surface area contributed by atoms with Crippen LogP contribution >= 0.6 is 0 Å². The first-order chi connectivity index (χ1) is 13.9. The summed E-state index contributed by atoms with van der Waals surface area (Å²) < 4.78 is 41.7. The molecule has 1 N–H and O–H groups in total. The van der Waals surface area contributed by atoms with Crippen LogP contribution in [0.5, 0.6) is 5.75 Å². The summed E-state index contributed by atoms with van der Waals surface area (Å²) >= 11 is 0. The molecular formula is C20H20F3N5O. The molecule has 3 aromatic rings. The molecule has 0 aliphatic carbocycles. The van der Waals surface area contributed by atoms with Crippen molar-refractivity contribution >= 4 is 5.82 Å². The van der Waals surface area contributed by atoms with Gasteiger partial charge in [0.15, 0.2) is 0 Å². The molecule has 1 fully saturated rings. The molecule has 0 amide bonds. The van der Waals surface area contributed by atoms with Crippen molar-refractivity contribution in [2.45, 2.75) is 32.0 Å². The molecule has 0 unspecified atom stereocenters. The molecule has 0 bridgehead atoms. The van der Waals surface area contributed by atoms with Crippen LogP contribution in [0.3, 0.4) is 0 Å². The minimum Gasteiger partial charge on any atom is -0.406 e. The molecule has 4 rings (SSSR count). The van der Waals surface area contributed by atoms with Crippen molar-refractivity contribution in [1.82, 2.24) is 19.9 Å². The summed E-state index contributed by atoms with van der Waals surface area (Å²) in [5, 5.41) is 0. The molecule has 0 spiro atoms. The van der Waals surface area contributed by atoms with Crippen LogP contribution in [0.4, 0.5) is 19.0 Å². The van der Waals surface area contributed by atoms with E-state index in [1.165, 1.54) is 24.5 Å². The van der Waals surface area contributed by atoms with Crippen molar-refractivity contribution in [3.05, 3.63) is 54.5 Å². The maximum absolute atomic E-state index is 12.6. The standard InChI is InChI=1S/C20H20F3N5O/c1-13-18(26-12-25-13)14-5-7-28(8-6-14)19-17(10-24-11-27-19)15-3-2-4-16(9-15)29-20(21,22)23/h2-4,9-12,14H,5-8H2,1H3,(H,25,26). The van der Waals surface area contributed by atoms with Crippen LogP contribution in [-0.4, -0.2) is 39.4 Å². The first-order valence-corrected chi connectivity index (χ1v) is 9.32. The second-order valence-electron chi connectivity index (χ2n) is 7.01. The first-order valence-electron chi connectivity index (χ1n) is 9.32. The van der Waals surface area contributed by atoms with E-state index in [0.717, 1.165) is 37.3 Å². The average molecular weight is 403 g/mol. The summed E-state index contributed by atoms with van der Waals surface area (Å²) in [6.45, 7) is 3.58. The molecule has 6 nitrogen and oxygen atoms in total. The van der Waals surface area contributed by atoms with Crippen molar-refractivity contribution in [3.8, 4) is 16.9 Å². The van der Waals surface area contributed by atoms with Crippen LogP contribution in [0.15, 0.2) is 43.1 Å². The lowest BCUT2D eigenvalue weighted by molar-refractivity contribution is -0.274. The van der Waals surface area contributed by atoms with Gasteiger partial charge in [-0.25, -0.2) is 15.0 Å². The van der Waals surface area contributed by atoms with Gasteiger partial charge in [-0.05, 0) is 37.5 Å². The van der Waals surface area contributed by atoms with E-state index in [1.807, 2.05) is 6.92 Å². The topological polar surface area (TPSA) is 66.9 Å². The number of hydrogen-bond donors (Lipinski definition) is 1. The van der Waals surface area contributed by atoms with Gasteiger partial charge in [-0.2, -0.15) is 0 Å². The van der Waals surface area contributed by atoms with Crippen molar-refractivity contribution in [2.24, 2.45) is 0 Å². The minimum absolute atomic E-state index is 0.266. The average Bonchev–Trinajstić information content (AvgIpc) is 3.13. The normalized spacial score (nSPS) is 15.5. The number of aryl methyl sites for hydroxylation is 1. The van der Waals surface area contributed by atoms with Gasteiger partial charge in [0.2, 0.25) is 0 Å². The number of ether oxygens (including phenoxy) is 1. The summed E-state index contributed by atoms with van der Waals surface area (Å²) in [4.78, 5) is 18.2. The molecule has 1 saturated heterocycles. The number of aromatic amines is 1. The zero-order valence-electron chi connectivity index (χ0n) is 15.8. The van der Waals surface area contributed by atoms with Gasteiger partial charge in [0.25, 0.3) is 0 Å². The summed E-state index contributed by atoms with van der Waals surface area (Å²) in [5.74, 6) is 0.824. The number of alkyl halides is 3. The van der Waals surface area contributed by atoms with Gasteiger partial charge in [-0.3, -0.25) is 0 Å². The second-order valence-corrected chi connectivity index (χ2v) is 7.01. The molecule has 9 heteroatoms. The number of aromatic nitrogens is 4. The summed E-state index contributed by atoms with van der Waals surface area (Å²) in [5.41, 5.74) is 3.44.